The van der Waals surface area contributed by atoms with Gasteiger partial charge < -0.3 is 19.1 Å². The van der Waals surface area contributed by atoms with Crippen LogP contribution in [0.4, 0.5) is 0 Å². The van der Waals surface area contributed by atoms with Crippen molar-refractivity contribution in [1.29, 1.82) is 0 Å². The molecule has 0 bridgehead atoms. The van der Waals surface area contributed by atoms with E-state index in [0.717, 1.165) is 11.1 Å². The van der Waals surface area contributed by atoms with Crippen molar-refractivity contribution >= 4 is 11.9 Å². The second kappa shape index (κ2) is 9.37. The molecule has 0 aromatic heterocycles. The number of benzene rings is 2. The zero-order valence-corrected chi connectivity index (χ0v) is 16.2. The Kier molecular flexibility index (Phi) is 6.66. The Balaban J connectivity index is 1.68. The van der Waals surface area contributed by atoms with Crippen molar-refractivity contribution in [3.8, 4) is 5.75 Å². The summed E-state index contributed by atoms with van der Waals surface area (Å²) in [6.45, 7) is 5.59. The number of hydrogen-bond donors (Lipinski definition) is 0. The maximum atomic E-state index is 13.0. The van der Waals surface area contributed by atoms with Gasteiger partial charge in [-0.25, -0.2) is 4.79 Å². The van der Waals surface area contributed by atoms with E-state index in [2.05, 4.69) is 0 Å². The molecular weight excluding hydrogens is 358 g/mol. The first kappa shape index (κ1) is 19.9. The number of hydrogen-bond acceptors (Lipinski definition) is 5. The SMILES string of the molecule is Cc1ccc(OCC(=O)O[C@@H](C(=O)N2CCOCC2)c2ccccc2)c(C)c1. The zero-order valence-electron chi connectivity index (χ0n) is 16.2. The number of esters is 1. The first-order chi connectivity index (χ1) is 13.5. The van der Waals surface area contributed by atoms with Gasteiger partial charge in [0.15, 0.2) is 6.61 Å². The second-order valence-corrected chi connectivity index (χ2v) is 6.78. The number of amides is 1. The average Bonchev–Trinajstić information content (AvgIpc) is 2.72. The van der Waals surface area contributed by atoms with Gasteiger partial charge in [-0.1, -0.05) is 48.0 Å². The Hall–Kier alpha value is -2.86. The molecule has 0 radical (unpaired) electrons. The lowest BCUT2D eigenvalue weighted by atomic mass is 10.1. The van der Waals surface area contributed by atoms with E-state index in [1.807, 2.05) is 50.2 Å². The van der Waals surface area contributed by atoms with Gasteiger partial charge in [0.1, 0.15) is 5.75 Å². The highest BCUT2D eigenvalue weighted by atomic mass is 16.6. The van der Waals surface area contributed by atoms with Crippen LogP contribution < -0.4 is 4.74 Å². The summed E-state index contributed by atoms with van der Waals surface area (Å²) in [7, 11) is 0. The Morgan fingerprint density at radius 1 is 1.07 bits per heavy atom. The van der Waals surface area contributed by atoms with Crippen molar-refractivity contribution in [2.24, 2.45) is 0 Å². The van der Waals surface area contributed by atoms with E-state index in [0.29, 0.717) is 37.6 Å². The van der Waals surface area contributed by atoms with Crippen molar-refractivity contribution in [2.75, 3.05) is 32.9 Å². The molecule has 0 spiro atoms. The Morgan fingerprint density at radius 2 is 1.79 bits per heavy atom. The van der Waals surface area contributed by atoms with Crippen LogP contribution >= 0.6 is 0 Å². The maximum absolute atomic E-state index is 13.0. The first-order valence-electron chi connectivity index (χ1n) is 9.35. The van der Waals surface area contributed by atoms with Crippen molar-refractivity contribution in [3.05, 3.63) is 65.2 Å². The van der Waals surface area contributed by atoms with Gasteiger partial charge in [0.05, 0.1) is 13.2 Å². The van der Waals surface area contributed by atoms with Gasteiger partial charge in [-0.2, -0.15) is 0 Å². The molecule has 2 aromatic carbocycles. The molecule has 3 rings (SSSR count). The fourth-order valence-electron chi connectivity index (χ4n) is 3.10. The standard InChI is InChI=1S/C22H25NO5/c1-16-8-9-19(17(2)14-16)27-15-20(24)28-21(18-6-4-3-5-7-18)22(25)23-10-12-26-13-11-23/h3-9,14,21H,10-13,15H2,1-2H3/t21-/m1/s1. The summed E-state index contributed by atoms with van der Waals surface area (Å²) in [5.74, 6) is -0.205. The van der Waals surface area contributed by atoms with Crippen LogP contribution in [0.1, 0.15) is 22.8 Å². The smallest absolute Gasteiger partial charge is 0.345 e. The molecule has 6 nitrogen and oxygen atoms in total. The highest BCUT2D eigenvalue weighted by molar-refractivity contribution is 5.85. The molecule has 6 heteroatoms. The van der Waals surface area contributed by atoms with Crippen LogP contribution in [0, 0.1) is 13.8 Å². The predicted octanol–water partition coefficient (Wildman–Crippen LogP) is 2.83. The van der Waals surface area contributed by atoms with Crippen LogP contribution in [0.2, 0.25) is 0 Å². The van der Waals surface area contributed by atoms with Crippen LogP contribution in [0.25, 0.3) is 0 Å². The number of morpholine rings is 1. The van der Waals surface area contributed by atoms with E-state index in [1.165, 1.54) is 0 Å². The van der Waals surface area contributed by atoms with Gasteiger partial charge >= 0.3 is 5.97 Å². The molecule has 1 fully saturated rings. The minimum absolute atomic E-state index is 0.241. The molecule has 0 N–H and O–H groups in total. The Labute approximate surface area is 165 Å². The van der Waals surface area contributed by atoms with Crippen molar-refractivity contribution in [2.45, 2.75) is 20.0 Å². The average molecular weight is 383 g/mol. The van der Waals surface area contributed by atoms with E-state index in [-0.39, 0.29) is 12.5 Å². The van der Waals surface area contributed by atoms with E-state index in [4.69, 9.17) is 14.2 Å². The molecule has 148 valence electrons. The Morgan fingerprint density at radius 3 is 2.46 bits per heavy atom. The van der Waals surface area contributed by atoms with E-state index >= 15 is 0 Å². The highest BCUT2D eigenvalue weighted by Gasteiger charge is 2.30. The van der Waals surface area contributed by atoms with Gasteiger partial charge in [0.2, 0.25) is 6.10 Å². The topological polar surface area (TPSA) is 65.1 Å². The van der Waals surface area contributed by atoms with Crippen LogP contribution in [0.3, 0.4) is 0 Å². The predicted molar refractivity (Wildman–Crippen MR) is 104 cm³/mol. The summed E-state index contributed by atoms with van der Waals surface area (Å²) in [5, 5.41) is 0. The Bertz CT molecular complexity index is 815. The summed E-state index contributed by atoms with van der Waals surface area (Å²) >= 11 is 0. The van der Waals surface area contributed by atoms with Gasteiger partial charge in [-0.3, -0.25) is 4.79 Å². The fraction of sp³-hybridized carbons (Fsp3) is 0.364. The normalized spacial score (nSPS) is 15.0. The second-order valence-electron chi connectivity index (χ2n) is 6.78. The molecule has 0 aliphatic carbocycles. The van der Waals surface area contributed by atoms with Crippen molar-refractivity contribution in [3.63, 3.8) is 0 Å². The maximum Gasteiger partial charge on any atom is 0.345 e. The minimum Gasteiger partial charge on any atom is -0.482 e. The molecule has 2 aromatic rings. The molecule has 1 aliphatic rings. The molecule has 1 amide bonds. The third-order valence-corrected chi connectivity index (χ3v) is 4.57. The molecule has 0 unspecified atom stereocenters. The van der Waals surface area contributed by atoms with Gasteiger partial charge in [0.25, 0.3) is 5.91 Å². The van der Waals surface area contributed by atoms with E-state index < -0.39 is 12.1 Å². The van der Waals surface area contributed by atoms with Gasteiger partial charge in [-0.15, -0.1) is 0 Å². The number of carbonyl (C=O) groups excluding carboxylic acids is 2. The lowest BCUT2D eigenvalue weighted by molar-refractivity contribution is -0.164. The van der Waals surface area contributed by atoms with Gasteiger partial charge in [0, 0.05) is 18.7 Å². The van der Waals surface area contributed by atoms with Crippen LogP contribution in [0.15, 0.2) is 48.5 Å². The third kappa shape index (κ3) is 5.10. The first-order valence-corrected chi connectivity index (χ1v) is 9.35. The number of carbonyl (C=O) groups is 2. The summed E-state index contributed by atoms with van der Waals surface area (Å²) in [6.07, 6.45) is -0.991. The lowest BCUT2D eigenvalue weighted by Gasteiger charge is -2.30. The molecule has 1 heterocycles. The minimum atomic E-state index is -0.991. The molecule has 1 saturated heterocycles. The number of nitrogens with zero attached hydrogens (tertiary/aromatic N) is 1. The quantitative estimate of drug-likeness (QED) is 0.718. The summed E-state index contributed by atoms with van der Waals surface area (Å²) < 4.78 is 16.4. The van der Waals surface area contributed by atoms with E-state index in [1.54, 1.807) is 17.0 Å². The highest BCUT2D eigenvalue weighted by Crippen LogP contribution is 2.22. The van der Waals surface area contributed by atoms with Crippen LogP contribution in [-0.4, -0.2) is 49.7 Å². The zero-order chi connectivity index (χ0) is 19.9. The van der Waals surface area contributed by atoms with Gasteiger partial charge in [-0.05, 0) is 25.5 Å². The molecule has 0 saturated carbocycles. The monoisotopic (exact) mass is 383 g/mol. The number of ether oxygens (including phenoxy) is 3. The van der Waals surface area contributed by atoms with Crippen molar-refractivity contribution < 1.29 is 23.8 Å². The van der Waals surface area contributed by atoms with Crippen LogP contribution in [-0.2, 0) is 19.1 Å². The number of rotatable bonds is 6. The molecule has 1 aliphatic heterocycles. The molecule has 1 atom stereocenters. The molecule has 28 heavy (non-hydrogen) atoms. The fourth-order valence-corrected chi connectivity index (χ4v) is 3.10. The lowest BCUT2D eigenvalue weighted by Crippen LogP contribution is -2.44. The summed E-state index contributed by atoms with van der Waals surface area (Å²) in [5.41, 5.74) is 2.70. The summed E-state index contributed by atoms with van der Waals surface area (Å²) in [4.78, 5) is 27.0. The van der Waals surface area contributed by atoms with Crippen molar-refractivity contribution in [1.82, 2.24) is 4.90 Å². The van der Waals surface area contributed by atoms with E-state index in [9.17, 15) is 9.59 Å². The molecular formula is C22H25NO5. The largest absolute Gasteiger partial charge is 0.482 e. The summed E-state index contributed by atoms with van der Waals surface area (Å²) in [6, 6.07) is 14.8. The third-order valence-electron chi connectivity index (χ3n) is 4.57. The van der Waals surface area contributed by atoms with Crippen LogP contribution in [0.5, 0.6) is 5.75 Å². The number of aryl methyl sites for hydroxylation is 2.